The number of rotatable bonds is 6. The van der Waals surface area contributed by atoms with Gasteiger partial charge in [0, 0.05) is 41.9 Å². The topological polar surface area (TPSA) is 62.6 Å². The van der Waals surface area contributed by atoms with E-state index in [9.17, 15) is 9.59 Å². The molecule has 2 amide bonds. The number of aryl methyl sites for hydroxylation is 1. The zero-order valence-electron chi connectivity index (χ0n) is 20.7. The molecule has 0 spiro atoms. The number of carbonyl (C=O) groups excluding carboxylic acids is 2. The van der Waals surface area contributed by atoms with Gasteiger partial charge < -0.3 is 14.6 Å². The van der Waals surface area contributed by atoms with Crippen LogP contribution in [0.3, 0.4) is 0 Å². The molecule has 5 nitrogen and oxygen atoms in total. The summed E-state index contributed by atoms with van der Waals surface area (Å²) in [5.74, 6) is 1.56. The molecule has 0 aliphatic carbocycles. The second-order valence-corrected chi connectivity index (χ2v) is 9.34. The maximum absolute atomic E-state index is 12.9. The van der Waals surface area contributed by atoms with Crippen molar-refractivity contribution < 1.29 is 14.0 Å². The first-order valence-electron chi connectivity index (χ1n) is 12.5. The quantitative estimate of drug-likeness (QED) is 0.340. The normalized spacial score (nSPS) is 13.7. The maximum Gasteiger partial charge on any atom is 0.254 e. The summed E-state index contributed by atoms with van der Waals surface area (Å²) in [6.45, 7) is 5.21. The Kier molecular flexibility index (Phi) is 6.72. The molecule has 3 aromatic carbocycles. The Morgan fingerprint density at radius 1 is 0.972 bits per heavy atom. The third kappa shape index (κ3) is 4.96. The van der Waals surface area contributed by atoms with Gasteiger partial charge in [0.1, 0.15) is 11.5 Å². The minimum atomic E-state index is -0.187. The number of nitrogens with zero attached hydrogens (tertiary/aromatic N) is 1. The van der Waals surface area contributed by atoms with E-state index >= 15 is 0 Å². The zero-order chi connectivity index (χ0) is 25.1. The Balaban J connectivity index is 1.26. The smallest absolute Gasteiger partial charge is 0.254 e. The number of amides is 2. The van der Waals surface area contributed by atoms with Crippen molar-refractivity contribution >= 4 is 17.5 Å². The van der Waals surface area contributed by atoms with Crippen LogP contribution in [-0.2, 0) is 17.8 Å². The van der Waals surface area contributed by atoms with Gasteiger partial charge in [-0.2, -0.15) is 0 Å². The molecule has 0 saturated carbocycles. The van der Waals surface area contributed by atoms with E-state index in [4.69, 9.17) is 4.42 Å². The molecule has 0 saturated heterocycles. The van der Waals surface area contributed by atoms with Crippen LogP contribution >= 0.6 is 0 Å². The molecule has 1 atom stereocenters. The van der Waals surface area contributed by atoms with E-state index in [2.05, 4.69) is 5.32 Å². The summed E-state index contributed by atoms with van der Waals surface area (Å²) < 4.78 is 6.15. The Hall–Kier alpha value is -4.12. The first-order chi connectivity index (χ1) is 17.5. The van der Waals surface area contributed by atoms with Gasteiger partial charge in [0.05, 0.1) is 5.92 Å². The van der Waals surface area contributed by atoms with Gasteiger partial charge in [-0.3, -0.25) is 9.59 Å². The molecule has 36 heavy (non-hydrogen) atoms. The molecule has 5 heteroatoms. The second kappa shape index (κ2) is 10.2. The standard InChI is InChI=1S/C31H30N2O3/c1-3-27(22-7-5-4-6-8-22)30(34)32-26-15-13-23(14-16-26)29-19-25-20-33(18-17-28(25)36-29)31(35)24-11-9-21(2)10-12-24/h4-16,19,27H,3,17-18,20H2,1-2H3,(H,32,34). The van der Waals surface area contributed by atoms with E-state index in [-0.39, 0.29) is 17.7 Å². The van der Waals surface area contributed by atoms with Crippen molar-refractivity contribution in [2.45, 2.75) is 39.2 Å². The van der Waals surface area contributed by atoms with Crippen molar-refractivity contribution in [3.05, 3.63) is 113 Å². The maximum atomic E-state index is 12.9. The largest absolute Gasteiger partial charge is 0.461 e. The summed E-state index contributed by atoms with van der Waals surface area (Å²) >= 11 is 0. The molecule has 182 valence electrons. The Labute approximate surface area is 211 Å². The van der Waals surface area contributed by atoms with Gasteiger partial charge in [-0.05, 0) is 61.4 Å². The van der Waals surface area contributed by atoms with Crippen LogP contribution in [0.4, 0.5) is 5.69 Å². The Morgan fingerprint density at radius 2 is 1.69 bits per heavy atom. The number of hydrogen-bond acceptors (Lipinski definition) is 3. The van der Waals surface area contributed by atoms with Crippen molar-refractivity contribution in [3.8, 4) is 11.3 Å². The van der Waals surface area contributed by atoms with Crippen molar-refractivity contribution in [3.63, 3.8) is 0 Å². The summed E-state index contributed by atoms with van der Waals surface area (Å²) in [6, 6.07) is 27.3. The molecular weight excluding hydrogens is 448 g/mol. The monoisotopic (exact) mass is 478 g/mol. The lowest BCUT2D eigenvalue weighted by Crippen LogP contribution is -2.35. The van der Waals surface area contributed by atoms with E-state index < -0.39 is 0 Å². The predicted molar refractivity (Wildman–Crippen MR) is 142 cm³/mol. The Bertz CT molecular complexity index is 1360. The van der Waals surface area contributed by atoms with Gasteiger partial charge in [0.15, 0.2) is 0 Å². The van der Waals surface area contributed by atoms with Crippen molar-refractivity contribution in [1.82, 2.24) is 4.90 Å². The number of hydrogen-bond donors (Lipinski definition) is 1. The molecule has 1 N–H and O–H groups in total. The molecule has 1 aliphatic rings. The summed E-state index contributed by atoms with van der Waals surface area (Å²) in [4.78, 5) is 27.7. The van der Waals surface area contributed by atoms with Crippen molar-refractivity contribution in [2.75, 3.05) is 11.9 Å². The number of benzene rings is 3. The van der Waals surface area contributed by atoms with Gasteiger partial charge >= 0.3 is 0 Å². The highest BCUT2D eigenvalue weighted by molar-refractivity contribution is 5.96. The van der Waals surface area contributed by atoms with Crippen LogP contribution in [-0.4, -0.2) is 23.3 Å². The third-order valence-corrected chi connectivity index (χ3v) is 6.82. The van der Waals surface area contributed by atoms with E-state index in [1.807, 2.05) is 104 Å². The van der Waals surface area contributed by atoms with Crippen molar-refractivity contribution in [2.24, 2.45) is 0 Å². The molecule has 1 aliphatic heterocycles. The summed E-state index contributed by atoms with van der Waals surface area (Å²) in [7, 11) is 0. The predicted octanol–water partition coefficient (Wildman–Crippen LogP) is 6.59. The SMILES string of the molecule is CCC(C(=O)Nc1ccc(-c2cc3c(o2)CCN(C(=O)c2ccc(C)cc2)C3)cc1)c1ccccc1. The van der Waals surface area contributed by atoms with Gasteiger partial charge in [-0.1, -0.05) is 55.0 Å². The van der Waals surface area contributed by atoms with E-state index in [0.29, 0.717) is 25.1 Å². The molecule has 1 aromatic heterocycles. The number of carbonyl (C=O) groups is 2. The lowest BCUT2D eigenvalue weighted by atomic mass is 9.95. The lowest BCUT2D eigenvalue weighted by Gasteiger charge is -2.26. The number of nitrogens with one attached hydrogen (secondary N) is 1. The molecule has 2 heterocycles. The molecule has 1 unspecified atom stereocenters. The third-order valence-electron chi connectivity index (χ3n) is 6.82. The highest BCUT2D eigenvalue weighted by Gasteiger charge is 2.25. The van der Waals surface area contributed by atoms with Crippen LogP contribution in [0.25, 0.3) is 11.3 Å². The van der Waals surface area contributed by atoms with E-state index in [1.165, 1.54) is 0 Å². The second-order valence-electron chi connectivity index (χ2n) is 9.34. The molecule has 0 fully saturated rings. The van der Waals surface area contributed by atoms with Gasteiger partial charge in [0.2, 0.25) is 5.91 Å². The minimum Gasteiger partial charge on any atom is -0.461 e. The highest BCUT2D eigenvalue weighted by Crippen LogP contribution is 2.31. The molecule has 0 radical (unpaired) electrons. The van der Waals surface area contributed by atoms with Crippen molar-refractivity contribution in [1.29, 1.82) is 0 Å². The van der Waals surface area contributed by atoms with Gasteiger partial charge in [0.25, 0.3) is 5.91 Å². The van der Waals surface area contributed by atoms with Gasteiger partial charge in [-0.15, -0.1) is 0 Å². The Morgan fingerprint density at radius 3 is 2.39 bits per heavy atom. The summed E-state index contributed by atoms with van der Waals surface area (Å²) in [5, 5.41) is 3.04. The average molecular weight is 479 g/mol. The van der Waals surface area contributed by atoms with Crippen LogP contribution in [0.2, 0.25) is 0 Å². The summed E-state index contributed by atoms with van der Waals surface area (Å²) in [6.07, 6.45) is 1.42. The van der Waals surface area contributed by atoms with Gasteiger partial charge in [-0.25, -0.2) is 0 Å². The fourth-order valence-electron chi connectivity index (χ4n) is 4.73. The summed E-state index contributed by atoms with van der Waals surface area (Å²) in [5.41, 5.74) is 5.60. The molecular formula is C31H30N2O3. The van der Waals surface area contributed by atoms with Crippen LogP contribution in [0.5, 0.6) is 0 Å². The minimum absolute atomic E-state index is 0.0109. The van der Waals surface area contributed by atoms with Crippen LogP contribution in [0.15, 0.2) is 89.3 Å². The zero-order valence-corrected chi connectivity index (χ0v) is 20.7. The number of anilines is 1. The first-order valence-corrected chi connectivity index (χ1v) is 12.5. The van der Waals surface area contributed by atoms with E-state index in [0.717, 1.165) is 45.9 Å². The van der Waals surface area contributed by atoms with E-state index in [1.54, 1.807) is 0 Å². The van der Waals surface area contributed by atoms with Crippen LogP contribution in [0, 0.1) is 6.92 Å². The fourth-order valence-corrected chi connectivity index (χ4v) is 4.73. The van der Waals surface area contributed by atoms with Crippen LogP contribution < -0.4 is 5.32 Å². The first kappa shape index (κ1) is 23.6. The van der Waals surface area contributed by atoms with Crippen LogP contribution in [0.1, 0.15) is 52.1 Å². The average Bonchev–Trinajstić information content (AvgIpc) is 3.34. The molecule has 0 bridgehead atoms. The molecule has 5 rings (SSSR count). The highest BCUT2D eigenvalue weighted by atomic mass is 16.3. The number of furan rings is 1. The number of fused-ring (bicyclic) bond motifs is 1. The lowest BCUT2D eigenvalue weighted by molar-refractivity contribution is -0.117. The molecule has 4 aromatic rings. The fraction of sp³-hybridized carbons (Fsp3) is 0.226.